The van der Waals surface area contributed by atoms with Gasteiger partial charge in [-0.1, -0.05) is 62.4 Å². The highest BCUT2D eigenvalue weighted by Gasteiger charge is 2.19. The first-order valence-corrected chi connectivity index (χ1v) is 7.58. The lowest BCUT2D eigenvalue weighted by atomic mass is 9.85. The molecule has 1 aromatic rings. The molecule has 1 nitrogen and oxygen atoms in total. The third-order valence-corrected chi connectivity index (χ3v) is 4.27. The van der Waals surface area contributed by atoms with Crippen molar-refractivity contribution in [3.05, 3.63) is 35.9 Å². The van der Waals surface area contributed by atoms with E-state index >= 15 is 0 Å². The molecule has 0 aromatic heterocycles. The van der Waals surface area contributed by atoms with Crippen molar-refractivity contribution in [3.63, 3.8) is 0 Å². The van der Waals surface area contributed by atoms with Gasteiger partial charge in [0, 0.05) is 0 Å². The second-order valence-electron chi connectivity index (χ2n) is 5.70. The Labute approximate surface area is 111 Å². The second-order valence-corrected chi connectivity index (χ2v) is 5.70. The Balaban J connectivity index is 1.77. The predicted octanol–water partition coefficient (Wildman–Crippen LogP) is 4.34. The van der Waals surface area contributed by atoms with Crippen LogP contribution in [0.1, 0.15) is 56.9 Å². The normalized spacial score (nSPS) is 20.1. The Morgan fingerprint density at radius 2 is 1.56 bits per heavy atom. The third kappa shape index (κ3) is 4.45. The molecule has 1 aliphatic rings. The van der Waals surface area contributed by atoms with Crippen molar-refractivity contribution >= 4 is 0 Å². The van der Waals surface area contributed by atoms with Gasteiger partial charge in [0.25, 0.3) is 0 Å². The van der Waals surface area contributed by atoms with E-state index in [-0.39, 0.29) is 6.10 Å². The molecule has 1 fully saturated rings. The molecular formula is C17H26O. The standard InChI is InChI=1S/C17H26O/c18-17(14-13-15-9-5-4-6-10-15)16-11-7-2-1-3-8-12-16/h4-6,9-10,16-18H,1-3,7-8,11-14H2. The van der Waals surface area contributed by atoms with Gasteiger partial charge < -0.3 is 5.11 Å². The minimum atomic E-state index is -0.0942. The molecule has 0 heterocycles. The summed E-state index contributed by atoms with van der Waals surface area (Å²) in [6.07, 6.45) is 11.1. The highest BCUT2D eigenvalue weighted by Crippen LogP contribution is 2.26. The molecule has 1 atom stereocenters. The summed E-state index contributed by atoms with van der Waals surface area (Å²) in [6.45, 7) is 0. The monoisotopic (exact) mass is 246 g/mol. The third-order valence-electron chi connectivity index (χ3n) is 4.27. The first-order valence-electron chi connectivity index (χ1n) is 7.58. The maximum atomic E-state index is 10.4. The summed E-state index contributed by atoms with van der Waals surface area (Å²) in [4.78, 5) is 0. The van der Waals surface area contributed by atoms with Crippen LogP contribution in [0.2, 0.25) is 0 Å². The van der Waals surface area contributed by atoms with Crippen LogP contribution in [0, 0.1) is 5.92 Å². The number of benzene rings is 1. The quantitative estimate of drug-likeness (QED) is 0.838. The van der Waals surface area contributed by atoms with E-state index in [9.17, 15) is 5.11 Å². The Kier molecular flexibility index (Phi) is 5.73. The van der Waals surface area contributed by atoms with Gasteiger partial charge in [-0.05, 0) is 37.2 Å². The summed E-state index contributed by atoms with van der Waals surface area (Å²) in [5.74, 6) is 0.550. The van der Waals surface area contributed by atoms with Gasteiger partial charge in [0.05, 0.1) is 6.10 Å². The second kappa shape index (κ2) is 7.58. The van der Waals surface area contributed by atoms with E-state index in [2.05, 4.69) is 30.3 Å². The lowest BCUT2D eigenvalue weighted by Crippen LogP contribution is -2.22. The number of rotatable bonds is 4. The van der Waals surface area contributed by atoms with Gasteiger partial charge in [0.1, 0.15) is 0 Å². The van der Waals surface area contributed by atoms with E-state index in [0.717, 1.165) is 12.8 Å². The molecule has 0 spiro atoms. The van der Waals surface area contributed by atoms with Gasteiger partial charge in [-0.3, -0.25) is 0 Å². The number of hydrogen-bond donors (Lipinski definition) is 1. The number of aryl methyl sites for hydroxylation is 1. The summed E-state index contributed by atoms with van der Waals surface area (Å²) in [7, 11) is 0. The van der Waals surface area contributed by atoms with Crippen molar-refractivity contribution in [2.24, 2.45) is 5.92 Å². The van der Waals surface area contributed by atoms with Crippen molar-refractivity contribution in [1.82, 2.24) is 0 Å². The van der Waals surface area contributed by atoms with E-state index in [0.29, 0.717) is 5.92 Å². The Morgan fingerprint density at radius 3 is 2.22 bits per heavy atom. The fourth-order valence-electron chi connectivity index (χ4n) is 3.07. The number of aliphatic hydroxyl groups is 1. The molecule has 1 N–H and O–H groups in total. The summed E-state index contributed by atoms with van der Waals surface area (Å²) in [5, 5.41) is 10.4. The molecular weight excluding hydrogens is 220 g/mol. The van der Waals surface area contributed by atoms with Gasteiger partial charge in [-0.25, -0.2) is 0 Å². The lowest BCUT2D eigenvalue weighted by molar-refractivity contribution is 0.0835. The molecule has 0 radical (unpaired) electrons. The molecule has 0 bridgehead atoms. The fourth-order valence-corrected chi connectivity index (χ4v) is 3.07. The summed E-state index contributed by atoms with van der Waals surface area (Å²) < 4.78 is 0. The molecule has 1 saturated carbocycles. The Morgan fingerprint density at radius 1 is 0.944 bits per heavy atom. The maximum absolute atomic E-state index is 10.4. The van der Waals surface area contributed by atoms with E-state index in [4.69, 9.17) is 0 Å². The van der Waals surface area contributed by atoms with Crippen LogP contribution in [-0.4, -0.2) is 11.2 Å². The average Bonchev–Trinajstić information content (AvgIpc) is 2.37. The van der Waals surface area contributed by atoms with Crippen molar-refractivity contribution in [2.75, 3.05) is 0 Å². The van der Waals surface area contributed by atoms with Crippen LogP contribution in [0.15, 0.2) is 30.3 Å². The Bertz CT molecular complexity index is 312. The van der Waals surface area contributed by atoms with Crippen molar-refractivity contribution in [2.45, 2.75) is 63.9 Å². The zero-order valence-electron chi connectivity index (χ0n) is 11.4. The molecule has 100 valence electrons. The van der Waals surface area contributed by atoms with Crippen molar-refractivity contribution in [1.29, 1.82) is 0 Å². The van der Waals surface area contributed by atoms with Crippen LogP contribution < -0.4 is 0 Å². The topological polar surface area (TPSA) is 20.2 Å². The largest absolute Gasteiger partial charge is 0.393 e. The lowest BCUT2D eigenvalue weighted by Gasteiger charge is -2.24. The molecule has 1 heteroatoms. The van der Waals surface area contributed by atoms with E-state index in [1.807, 2.05) is 0 Å². The highest BCUT2D eigenvalue weighted by atomic mass is 16.3. The smallest absolute Gasteiger partial charge is 0.0571 e. The molecule has 0 aliphatic heterocycles. The first kappa shape index (κ1) is 13.6. The van der Waals surface area contributed by atoms with E-state index in [1.165, 1.54) is 50.5 Å². The Hall–Kier alpha value is -0.820. The molecule has 1 aliphatic carbocycles. The first-order chi connectivity index (χ1) is 8.86. The summed E-state index contributed by atoms with van der Waals surface area (Å²) in [6, 6.07) is 10.5. The highest BCUT2D eigenvalue weighted by molar-refractivity contribution is 5.14. The average molecular weight is 246 g/mol. The SMILES string of the molecule is OC(CCc1ccccc1)C1CCCCCCC1. The van der Waals surface area contributed by atoms with Gasteiger partial charge in [0.15, 0.2) is 0 Å². The van der Waals surface area contributed by atoms with Gasteiger partial charge in [0.2, 0.25) is 0 Å². The van der Waals surface area contributed by atoms with Gasteiger partial charge in [-0.2, -0.15) is 0 Å². The van der Waals surface area contributed by atoms with Crippen LogP contribution in [-0.2, 0) is 6.42 Å². The van der Waals surface area contributed by atoms with Crippen LogP contribution in [0.25, 0.3) is 0 Å². The fraction of sp³-hybridized carbons (Fsp3) is 0.647. The minimum absolute atomic E-state index is 0.0942. The molecule has 0 saturated heterocycles. The van der Waals surface area contributed by atoms with Crippen LogP contribution >= 0.6 is 0 Å². The summed E-state index contributed by atoms with van der Waals surface area (Å²) >= 11 is 0. The van der Waals surface area contributed by atoms with Crippen LogP contribution in [0.3, 0.4) is 0 Å². The zero-order chi connectivity index (χ0) is 12.6. The zero-order valence-corrected chi connectivity index (χ0v) is 11.4. The molecule has 1 unspecified atom stereocenters. The van der Waals surface area contributed by atoms with Gasteiger partial charge in [-0.15, -0.1) is 0 Å². The van der Waals surface area contributed by atoms with Crippen molar-refractivity contribution in [3.8, 4) is 0 Å². The predicted molar refractivity (Wildman–Crippen MR) is 76.6 cm³/mol. The van der Waals surface area contributed by atoms with E-state index < -0.39 is 0 Å². The minimum Gasteiger partial charge on any atom is -0.393 e. The number of hydrogen-bond acceptors (Lipinski definition) is 1. The maximum Gasteiger partial charge on any atom is 0.0571 e. The molecule has 2 rings (SSSR count). The van der Waals surface area contributed by atoms with Gasteiger partial charge >= 0.3 is 0 Å². The molecule has 0 amide bonds. The summed E-state index contributed by atoms with van der Waals surface area (Å²) in [5.41, 5.74) is 1.35. The molecule has 18 heavy (non-hydrogen) atoms. The van der Waals surface area contributed by atoms with Crippen molar-refractivity contribution < 1.29 is 5.11 Å². The molecule has 1 aromatic carbocycles. The van der Waals surface area contributed by atoms with E-state index in [1.54, 1.807) is 0 Å². The number of aliphatic hydroxyl groups excluding tert-OH is 1. The van der Waals surface area contributed by atoms with Crippen LogP contribution in [0.5, 0.6) is 0 Å². The van der Waals surface area contributed by atoms with Crippen LogP contribution in [0.4, 0.5) is 0 Å².